The number of nitrogens with zero attached hydrogens (tertiary/aromatic N) is 4. The van der Waals surface area contributed by atoms with Gasteiger partial charge in [-0.3, -0.25) is 14.9 Å². The molecule has 1 aromatic heterocycles. The summed E-state index contributed by atoms with van der Waals surface area (Å²) < 4.78 is 1.54. The number of rotatable bonds is 4. The Balaban J connectivity index is 1.99. The van der Waals surface area contributed by atoms with E-state index in [1.165, 1.54) is 28.1 Å². The predicted octanol–water partition coefficient (Wildman–Crippen LogP) is 3.06. The Morgan fingerprint density at radius 1 is 1.21 bits per heavy atom. The molecule has 120 valence electrons. The fraction of sp³-hybridized carbons (Fsp3) is 0.0588. The summed E-state index contributed by atoms with van der Waals surface area (Å²) in [5, 5.41) is 11.4. The van der Waals surface area contributed by atoms with Gasteiger partial charge in [0.1, 0.15) is 5.69 Å². The SMILES string of the molecule is CN(C(=O)c1ccc(-n2ccnc2)c([N+](=O)[O-])c1)c1ccccc1. The summed E-state index contributed by atoms with van der Waals surface area (Å²) in [6.07, 6.45) is 4.62. The van der Waals surface area contributed by atoms with E-state index in [0.717, 1.165) is 0 Å². The molecule has 0 unspecified atom stereocenters. The summed E-state index contributed by atoms with van der Waals surface area (Å²) in [6, 6.07) is 13.5. The van der Waals surface area contributed by atoms with Gasteiger partial charge in [0.2, 0.25) is 0 Å². The number of nitro groups is 1. The van der Waals surface area contributed by atoms with Crippen LogP contribution >= 0.6 is 0 Å². The van der Waals surface area contributed by atoms with Gasteiger partial charge in [-0.15, -0.1) is 0 Å². The van der Waals surface area contributed by atoms with Crippen molar-refractivity contribution in [1.82, 2.24) is 9.55 Å². The zero-order chi connectivity index (χ0) is 17.1. The molecule has 0 aliphatic rings. The zero-order valence-corrected chi connectivity index (χ0v) is 12.9. The average molecular weight is 322 g/mol. The monoisotopic (exact) mass is 322 g/mol. The van der Waals surface area contributed by atoms with Crippen molar-refractivity contribution < 1.29 is 9.72 Å². The van der Waals surface area contributed by atoms with Gasteiger partial charge in [0.25, 0.3) is 11.6 Å². The molecule has 24 heavy (non-hydrogen) atoms. The molecule has 0 aliphatic carbocycles. The normalized spacial score (nSPS) is 10.4. The van der Waals surface area contributed by atoms with Gasteiger partial charge in [-0.25, -0.2) is 4.98 Å². The Morgan fingerprint density at radius 3 is 2.58 bits per heavy atom. The quantitative estimate of drug-likeness (QED) is 0.546. The maximum atomic E-state index is 12.6. The number of benzene rings is 2. The minimum absolute atomic E-state index is 0.152. The standard InChI is InChI=1S/C17H14N4O3/c1-19(14-5-3-2-4-6-14)17(22)13-7-8-15(16(11-13)21(23)24)20-10-9-18-12-20/h2-12H,1H3. The molecule has 0 aliphatic heterocycles. The third-order valence-corrected chi connectivity index (χ3v) is 3.65. The van der Waals surface area contributed by atoms with Crippen molar-refractivity contribution in [2.75, 3.05) is 11.9 Å². The fourth-order valence-corrected chi connectivity index (χ4v) is 2.39. The second-order valence-corrected chi connectivity index (χ2v) is 5.13. The van der Waals surface area contributed by atoms with Crippen molar-refractivity contribution in [2.45, 2.75) is 0 Å². The first-order chi connectivity index (χ1) is 11.6. The van der Waals surface area contributed by atoms with E-state index in [1.807, 2.05) is 18.2 Å². The van der Waals surface area contributed by atoms with E-state index in [4.69, 9.17) is 0 Å². The van der Waals surface area contributed by atoms with Gasteiger partial charge < -0.3 is 9.47 Å². The van der Waals surface area contributed by atoms with Crippen molar-refractivity contribution in [1.29, 1.82) is 0 Å². The van der Waals surface area contributed by atoms with Crippen LogP contribution in [0, 0.1) is 10.1 Å². The first-order valence-electron chi connectivity index (χ1n) is 7.18. The lowest BCUT2D eigenvalue weighted by molar-refractivity contribution is -0.384. The molecule has 0 bridgehead atoms. The molecule has 0 saturated heterocycles. The molecule has 1 heterocycles. The molecule has 0 atom stereocenters. The minimum Gasteiger partial charge on any atom is -0.311 e. The summed E-state index contributed by atoms with van der Waals surface area (Å²) in [5.74, 6) is -0.318. The number of hydrogen-bond donors (Lipinski definition) is 0. The van der Waals surface area contributed by atoms with E-state index < -0.39 is 4.92 Å². The number of amides is 1. The van der Waals surface area contributed by atoms with Crippen LogP contribution in [0.2, 0.25) is 0 Å². The van der Waals surface area contributed by atoms with Gasteiger partial charge in [0, 0.05) is 36.8 Å². The molecule has 2 aromatic carbocycles. The second kappa shape index (κ2) is 6.33. The summed E-state index contributed by atoms with van der Waals surface area (Å²) in [6.45, 7) is 0. The van der Waals surface area contributed by atoms with Gasteiger partial charge in [-0.1, -0.05) is 18.2 Å². The highest BCUT2D eigenvalue weighted by Crippen LogP contribution is 2.25. The topological polar surface area (TPSA) is 81.3 Å². The van der Waals surface area contributed by atoms with Crippen LogP contribution in [0.4, 0.5) is 11.4 Å². The first kappa shape index (κ1) is 15.4. The molecular formula is C17H14N4O3. The number of nitro benzene ring substituents is 1. The van der Waals surface area contributed by atoms with E-state index in [1.54, 1.807) is 37.5 Å². The molecule has 7 nitrogen and oxygen atoms in total. The summed E-state index contributed by atoms with van der Waals surface area (Å²) in [7, 11) is 1.63. The van der Waals surface area contributed by atoms with Crippen LogP contribution in [0.25, 0.3) is 5.69 Å². The average Bonchev–Trinajstić information content (AvgIpc) is 3.15. The van der Waals surface area contributed by atoms with Crippen LogP contribution in [-0.2, 0) is 0 Å². The maximum Gasteiger partial charge on any atom is 0.294 e. The van der Waals surface area contributed by atoms with Gasteiger partial charge in [0.15, 0.2) is 0 Å². The Morgan fingerprint density at radius 2 is 1.96 bits per heavy atom. The number of carbonyl (C=O) groups is 1. The number of aromatic nitrogens is 2. The minimum atomic E-state index is -0.505. The van der Waals surface area contributed by atoms with Gasteiger partial charge >= 0.3 is 0 Å². The largest absolute Gasteiger partial charge is 0.311 e. The van der Waals surface area contributed by atoms with Crippen LogP contribution in [-0.4, -0.2) is 27.4 Å². The molecule has 0 N–H and O–H groups in total. The highest BCUT2D eigenvalue weighted by Gasteiger charge is 2.21. The highest BCUT2D eigenvalue weighted by atomic mass is 16.6. The second-order valence-electron chi connectivity index (χ2n) is 5.13. The first-order valence-corrected chi connectivity index (χ1v) is 7.18. The number of imidazole rings is 1. The van der Waals surface area contributed by atoms with Crippen LogP contribution in [0.1, 0.15) is 10.4 Å². The van der Waals surface area contributed by atoms with Crippen LogP contribution in [0.3, 0.4) is 0 Å². The third kappa shape index (κ3) is 2.87. The number of carbonyl (C=O) groups excluding carboxylic acids is 1. The van der Waals surface area contributed by atoms with E-state index in [9.17, 15) is 14.9 Å². The fourth-order valence-electron chi connectivity index (χ4n) is 2.39. The molecular weight excluding hydrogens is 308 g/mol. The Bertz CT molecular complexity index is 876. The number of anilines is 1. The van der Waals surface area contributed by atoms with E-state index in [2.05, 4.69) is 4.98 Å². The lowest BCUT2D eigenvalue weighted by Gasteiger charge is -2.17. The number of para-hydroxylation sites is 1. The van der Waals surface area contributed by atoms with E-state index >= 15 is 0 Å². The predicted molar refractivity (Wildman–Crippen MR) is 89.4 cm³/mol. The molecule has 1 amide bonds. The van der Waals surface area contributed by atoms with Crippen molar-refractivity contribution in [3.05, 3.63) is 82.9 Å². The van der Waals surface area contributed by atoms with Gasteiger partial charge in [-0.2, -0.15) is 0 Å². The molecule has 0 spiro atoms. The number of hydrogen-bond acceptors (Lipinski definition) is 4. The zero-order valence-electron chi connectivity index (χ0n) is 12.9. The highest BCUT2D eigenvalue weighted by molar-refractivity contribution is 6.06. The maximum absolute atomic E-state index is 12.6. The van der Waals surface area contributed by atoms with Crippen molar-refractivity contribution in [3.8, 4) is 5.69 Å². The molecule has 3 rings (SSSR count). The van der Waals surface area contributed by atoms with Crippen LogP contribution in [0.5, 0.6) is 0 Å². The summed E-state index contributed by atoms with van der Waals surface area (Å²) >= 11 is 0. The third-order valence-electron chi connectivity index (χ3n) is 3.65. The molecule has 0 radical (unpaired) electrons. The van der Waals surface area contributed by atoms with Gasteiger partial charge in [0.05, 0.1) is 11.3 Å². The molecule has 3 aromatic rings. The van der Waals surface area contributed by atoms with Gasteiger partial charge in [-0.05, 0) is 24.3 Å². The van der Waals surface area contributed by atoms with Crippen molar-refractivity contribution >= 4 is 17.3 Å². The van der Waals surface area contributed by atoms with E-state index in [-0.39, 0.29) is 17.2 Å². The van der Waals surface area contributed by atoms with Crippen molar-refractivity contribution in [3.63, 3.8) is 0 Å². The lowest BCUT2D eigenvalue weighted by Crippen LogP contribution is -2.26. The molecule has 7 heteroatoms. The van der Waals surface area contributed by atoms with E-state index in [0.29, 0.717) is 11.4 Å². The van der Waals surface area contributed by atoms with Crippen LogP contribution in [0.15, 0.2) is 67.3 Å². The Kier molecular flexibility index (Phi) is 4.07. The summed E-state index contributed by atoms with van der Waals surface area (Å²) in [4.78, 5) is 28.8. The molecule has 0 saturated carbocycles. The smallest absolute Gasteiger partial charge is 0.294 e. The van der Waals surface area contributed by atoms with Crippen LogP contribution < -0.4 is 4.90 Å². The Hall–Kier alpha value is -3.48. The van der Waals surface area contributed by atoms with Crippen molar-refractivity contribution in [2.24, 2.45) is 0 Å². The molecule has 0 fully saturated rings. The summed E-state index contributed by atoms with van der Waals surface area (Å²) in [5.41, 5.74) is 1.16. The Labute approximate surface area is 137 Å². The lowest BCUT2D eigenvalue weighted by atomic mass is 10.1.